The molecule has 2 heterocycles. The quantitative estimate of drug-likeness (QED) is 0.903. The first-order valence-corrected chi connectivity index (χ1v) is 6.64. The van der Waals surface area contributed by atoms with Gasteiger partial charge in [-0.15, -0.1) is 0 Å². The van der Waals surface area contributed by atoms with Crippen molar-refractivity contribution in [3.63, 3.8) is 0 Å². The van der Waals surface area contributed by atoms with E-state index >= 15 is 0 Å². The third kappa shape index (κ3) is 3.00. The Morgan fingerprint density at radius 3 is 2.68 bits per heavy atom. The molecule has 2 aromatic rings. The summed E-state index contributed by atoms with van der Waals surface area (Å²) < 4.78 is 5.33. The van der Waals surface area contributed by atoms with Crippen LogP contribution in [0.5, 0.6) is 0 Å². The summed E-state index contributed by atoms with van der Waals surface area (Å²) in [5.74, 6) is 1.36. The fourth-order valence-electron chi connectivity index (χ4n) is 2.20. The van der Waals surface area contributed by atoms with Gasteiger partial charge in [0, 0.05) is 31.7 Å². The number of rotatable bonds is 3. The molecular formula is C14H18N4O. The smallest absolute Gasteiger partial charge is 0.257 e. The van der Waals surface area contributed by atoms with E-state index in [1.807, 2.05) is 12.1 Å². The van der Waals surface area contributed by atoms with Crippen LogP contribution in [-0.4, -0.2) is 41.2 Å². The van der Waals surface area contributed by atoms with Crippen LogP contribution >= 0.6 is 0 Å². The van der Waals surface area contributed by atoms with E-state index in [0.29, 0.717) is 5.89 Å². The van der Waals surface area contributed by atoms with Crippen molar-refractivity contribution in [2.75, 3.05) is 26.2 Å². The number of aryl methyl sites for hydroxylation is 1. The van der Waals surface area contributed by atoms with E-state index in [1.165, 1.54) is 5.56 Å². The molecule has 0 unspecified atom stereocenters. The minimum atomic E-state index is 0.602. The molecule has 1 N–H and O–H groups in total. The number of piperazine rings is 1. The zero-order valence-electron chi connectivity index (χ0n) is 11.1. The largest absolute Gasteiger partial charge is 0.334 e. The Balaban J connectivity index is 1.70. The maximum absolute atomic E-state index is 5.33. The Morgan fingerprint density at radius 2 is 1.95 bits per heavy atom. The molecule has 1 aliphatic heterocycles. The van der Waals surface area contributed by atoms with Crippen molar-refractivity contribution in [3.8, 4) is 11.5 Å². The van der Waals surface area contributed by atoms with E-state index in [4.69, 9.17) is 4.52 Å². The fraction of sp³-hybridized carbons (Fsp3) is 0.429. The van der Waals surface area contributed by atoms with Gasteiger partial charge in [0.05, 0.1) is 6.54 Å². The van der Waals surface area contributed by atoms with Crippen molar-refractivity contribution in [1.82, 2.24) is 20.4 Å². The van der Waals surface area contributed by atoms with E-state index in [0.717, 1.165) is 44.1 Å². The second-order valence-electron chi connectivity index (χ2n) is 4.91. The van der Waals surface area contributed by atoms with Crippen molar-refractivity contribution in [1.29, 1.82) is 0 Å². The van der Waals surface area contributed by atoms with Gasteiger partial charge in [-0.25, -0.2) is 0 Å². The monoisotopic (exact) mass is 258 g/mol. The topological polar surface area (TPSA) is 54.2 Å². The van der Waals surface area contributed by atoms with Crippen LogP contribution in [0.3, 0.4) is 0 Å². The summed E-state index contributed by atoms with van der Waals surface area (Å²) in [6, 6.07) is 8.12. The molecular weight excluding hydrogens is 240 g/mol. The maximum Gasteiger partial charge on any atom is 0.257 e. The van der Waals surface area contributed by atoms with E-state index in [1.54, 1.807) is 0 Å². The third-order valence-corrected chi connectivity index (χ3v) is 3.34. The molecule has 0 aliphatic carbocycles. The highest BCUT2D eigenvalue weighted by molar-refractivity contribution is 5.53. The van der Waals surface area contributed by atoms with Crippen LogP contribution in [0.1, 0.15) is 11.4 Å². The van der Waals surface area contributed by atoms with E-state index < -0.39 is 0 Å². The first kappa shape index (κ1) is 12.3. The predicted octanol–water partition coefficient (Wildman–Crippen LogP) is 1.45. The molecule has 5 nitrogen and oxygen atoms in total. The predicted molar refractivity (Wildman–Crippen MR) is 72.6 cm³/mol. The Hall–Kier alpha value is -1.72. The Bertz CT molecular complexity index is 529. The highest BCUT2D eigenvalue weighted by Gasteiger charge is 2.14. The summed E-state index contributed by atoms with van der Waals surface area (Å²) in [5.41, 5.74) is 2.20. The van der Waals surface area contributed by atoms with Crippen molar-refractivity contribution in [3.05, 3.63) is 35.7 Å². The molecule has 1 saturated heterocycles. The van der Waals surface area contributed by atoms with Crippen LogP contribution in [0.2, 0.25) is 0 Å². The minimum Gasteiger partial charge on any atom is -0.334 e. The van der Waals surface area contributed by atoms with Gasteiger partial charge in [-0.1, -0.05) is 22.9 Å². The van der Waals surface area contributed by atoms with Crippen LogP contribution in [-0.2, 0) is 6.54 Å². The standard InChI is InChI=1S/C14H18N4O/c1-11-2-4-12(5-3-11)14-16-13(17-19-14)10-18-8-6-15-7-9-18/h2-5,15H,6-10H2,1H3. The highest BCUT2D eigenvalue weighted by atomic mass is 16.5. The summed E-state index contributed by atoms with van der Waals surface area (Å²) in [7, 11) is 0. The molecule has 0 amide bonds. The van der Waals surface area contributed by atoms with Crippen LogP contribution < -0.4 is 5.32 Å². The molecule has 19 heavy (non-hydrogen) atoms. The highest BCUT2D eigenvalue weighted by Crippen LogP contribution is 2.18. The van der Waals surface area contributed by atoms with Gasteiger partial charge in [-0.2, -0.15) is 4.98 Å². The van der Waals surface area contributed by atoms with Gasteiger partial charge in [-0.05, 0) is 19.1 Å². The van der Waals surface area contributed by atoms with Gasteiger partial charge in [0.1, 0.15) is 0 Å². The number of hydrogen-bond donors (Lipinski definition) is 1. The Kier molecular flexibility index (Phi) is 3.57. The maximum atomic E-state index is 5.33. The van der Waals surface area contributed by atoms with Gasteiger partial charge in [0.2, 0.25) is 0 Å². The lowest BCUT2D eigenvalue weighted by Crippen LogP contribution is -2.43. The summed E-state index contributed by atoms with van der Waals surface area (Å²) in [6.45, 7) is 6.96. The molecule has 100 valence electrons. The van der Waals surface area contributed by atoms with E-state index in [2.05, 4.69) is 39.4 Å². The summed E-state index contributed by atoms with van der Waals surface area (Å²) in [6.07, 6.45) is 0. The van der Waals surface area contributed by atoms with Gasteiger partial charge in [0.25, 0.3) is 5.89 Å². The zero-order valence-corrected chi connectivity index (χ0v) is 11.1. The lowest BCUT2D eigenvalue weighted by atomic mass is 10.1. The van der Waals surface area contributed by atoms with Gasteiger partial charge >= 0.3 is 0 Å². The average Bonchev–Trinajstić information content (AvgIpc) is 2.89. The lowest BCUT2D eigenvalue weighted by molar-refractivity contribution is 0.225. The SMILES string of the molecule is Cc1ccc(-c2nc(CN3CCNCC3)no2)cc1. The van der Waals surface area contributed by atoms with Gasteiger partial charge in [-0.3, -0.25) is 4.90 Å². The van der Waals surface area contributed by atoms with Crippen molar-refractivity contribution < 1.29 is 4.52 Å². The summed E-state index contributed by atoms with van der Waals surface area (Å²) in [5, 5.41) is 7.39. The molecule has 1 aliphatic rings. The first-order chi connectivity index (χ1) is 9.31. The third-order valence-electron chi connectivity index (χ3n) is 3.34. The normalized spacial score (nSPS) is 16.7. The first-order valence-electron chi connectivity index (χ1n) is 6.64. The van der Waals surface area contributed by atoms with Gasteiger partial charge < -0.3 is 9.84 Å². The molecule has 3 rings (SSSR count). The van der Waals surface area contributed by atoms with Crippen molar-refractivity contribution >= 4 is 0 Å². The number of nitrogens with zero attached hydrogens (tertiary/aromatic N) is 3. The van der Waals surface area contributed by atoms with E-state index in [9.17, 15) is 0 Å². The van der Waals surface area contributed by atoms with Crippen molar-refractivity contribution in [2.24, 2.45) is 0 Å². The molecule has 1 aromatic carbocycles. The van der Waals surface area contributed by atoms with Gasteiger partial charge in [0.15, 0.2) is 5.82 Å². The van der Waals surface area contributed by atoms with Crippen LogP contribution in [0, 0.1) is 6.92 Å². The molecule has 1 aromatic heterocycles. The molecule has 0 bridgehead atoms. The number of nitrogens with one attached hydrogen (secondary N) is 1. The zero-order chi connectivity index (χ0) is 13.1. The van der Waals surface area contributed by atoms with Crippen LogP contribution in [0.4, 0.5) is 0 Å². The second-order valence-corrected chi connectivity index (χ2v) is 4.91. The number of benzene rings is 1. The summed E-state index contributed by atoms with van der Waals surface area (Å²) in [4.78, 5) is 6.80. The van der Waals surface area contributed by atoms with E-state index in [-0.39, 0.29) is 0 Å². The Morgan fingerprint density at radius 1 is 1.21 bits per heavy atom. The number of aromatic nitrogens is 2. The molecule has 0 radical (unpaired) electrons. The Labute approximate surface area is 112 Å². The molecule has 1 fully saturated rings. The van der Waals surface area contributed by atoms with Crippen molar-refractivity contribution in [2.45, 2.75) is 13.5 Å². The van der Waals surface area contributed by atoms with Crippen LogP contribution in [0.25, 0.3) is 11.5 Å². The fourth-order valence-corrected chi connectivity index (χ4v) is 2.20. The molecule has 0 saturated carbocycles. The number of hydrogen-bond acceptors (Lipinski definition) is 5. The average molecular weight is 258 g/mol. The molecule has 0 atom stereocenters. The molecule has 5 heteroatoms. The minimum absolute atomic E-state index is 0.602. The van der Waals surface area contributed by atoms with Crippen LogP contribution in [0.15, 0.2) is 28.8 Å². The second kappa shape index (κ2) is 5.50. The summed E-state index contributed by atoms with van der Waals surface area (Å²) >= 11 is 0. The molecule has 0 spiro atoms. The lowest BCUT2D eigenvalue weighted by Gasteiger charge is -2.25.